The molecule has 0 aliphatic heterocycles. The number of aryl methyl sites for hydroxylation is 1. The third kappa shape index (κ3) is 4.19. The number of nitrogens with zero attached hydrogens (tertiary/aromatic N) is 3. The van der Waals surface area contributed by atoms with Crippen LogP contribution in [-0.4, -0.2) is 37.3 Å². The molecule has 112 valence electrons. The van der Waals surface area contributed by atoms with Gasteiger partial charge < -0.3 is 15.4 Å². The molecule has 0 aliphatic rings. The van der Waals surface area contributed by atoms with Crippen molar-refractivity contribution < 1.29 is 14.7 Å². The van der Waals surface area contributed by atoms with Crippen molar-refractivity contribution in [1.29, 1.82) is 0 Å². The number of thioether (sulfide) groups is 1. The summed E-state index contributed by atoms with van der Waals surface area (Å²) < 4.78 is 1.96. The molecule has 21 heavy (non-hydrogen) atoms. The first-order chi connectivity index (χ1) is 10.1. The number of amides is 1. The van der Waals surface area contributed by atoms with Crippen LogP contribution in [0.3, 0.4) is 0 Å². The maximum absolute atomic E-state index is 10.7. The highest BCUT2D eigenvalue weighted by Crippen LogP contribution is 2.24. The monoisotopic (exact) mass is 308 g/mol. The zero-order valence-electron chi connectivity index (χ0n) is 11.4. The zero-order valence-corrected chi connectivity index (χ0v) is 12.2. The van der Waals surface area contributed by atoms with Crippen molar-refractivity contribution in [3.8, 4) is 0 Å². The smallest absolute Gasteiger partial charge is 0.313 e. The van der Waals surface area contributed by atoms with Crippen molar-refractivity contribution in [3.05, 3.63) is 18.5 Å². The third-order valence-electron chi connectivity index (χ3n) is 2.90. The van der Waals surface area contributed by atoms with E-state index in [1.807, 2.05) is 10.6 Å². The zero-order chi connectivity index (χ0) is 15.2. The minimum Gasteiger partial charge on any atom is -0.481 e. The summed E-state index contributed by atoms with van der Waals surface area (Å²) in [6.07, 6.45) is 5.15. The summed E-state index contributed by atoms with van der Waals surface area (Å²) in [4.78, 5) is 29.9. The Hall–Kier alpha value is -2.09. The summed E-state index contributed by atoms with van der Waals surface area (Å²) in [5.41, 5.74) is 6.77. The number of primary amides is 1. The molecule has 2 heterocycles. The van der Waals surface area contributed by atoms with Crippen LogP contribution in [0, 0.1) is 0 Å². The average Bonchev–Trinajstić information content (AvgIpc) is 2.79. The molecule has 0 spiro atoms. The summed E-state index contributed by atoms with van der Waals surface area (Å²) in [6, 6.07) is 1.85. The van der Waals surface area contributed by atoms with Gasteiger partial charge in [-0.1, -0.05) is 11.8 Å². The summed E-state index contributed by atoms with van der Waals surface area (Å²) in [5.74, 6) is -1.24. The highest BCUT2D eigenvalue weighted by atomic mass is 32.2. The Morgan fingerprint density at radius 3 is 2.90 bits per heavy atom. The Kier molecular flexibility index (Phi) is 5.15. The van der Waals surface area contributed by atoms with Crippen molar-refractivity contribution in [2.45, 2.75) is 31.0 Å². The van der Waals surface area contributed by atoms with E-state index in [0.29, 0.717) is 24.5 Å². The van der Waals surface area contributed by atoms with E-state index in [1.165, 1.54) is 11.8 Å². The van der Waals surface area contributed by atoms with Crippen molar-refractivity contribution in [2.24, 2.45) is 5.73 Å². The van der Waals surface area contributed by atoms with E-state index in [2.05, 4.69) is 9.97 Å². The summed E-state index contributed by atoms with van der Waals surface area (Å²) in [6.45, 7) is 0.662. The molecule has 0 fully saturated rings. The van der Waals surface area contributed by atoms with Crippen molar-refractivity contribution in [3.63, 3.8) is 0 Å². The lowest BCUT2D eigenvalue weighted by Crippen LogP contribution is -2.10. The van der Waals surface area contributed by atoms with E-state index >= 15 is 0 Å². The molecule has 7 nitrogen and oxygen atoms in total. The van der Waals surface area contributed by atoms with E-state index in [9.17, 15) is 9.59 Å². The quantitative estimate of drug-likeness (QED) is 0.561. The van der Waals surface area contributed by atoms with Gasteiger partial charge in [-0.15, -0.1) is 0 Å². The maximum atomic E-state index is 10.7. The number of aliphatic carboxylic acids is 1. The van der Waals surface area contributed by atoms with E-state index in [0.717, 1.165) is 17.5 Å². The van der Waals surface area contributed by atoms with Gasteiger partial charge in [0.1, 0.15) is 5.52 Å². The van der Waals surface area contributed by atoms with Crippen LogP contribution in [0.1, 0.15) is 19.3 Å². The van der Waals surface area contributed by atoms with Gasteiger partial charge in [0.05, 0.1) is 17.5 Å². The summed E-state index contributed by atoms with van der Waals surface area (Å²) in [7, 11) is 0. The number of hydrogen-bond acceptors (Lipinski definition) is 5. The number of carboxylic acids is 1. The number of carbonyl (C=O) groups is 2. The second kappa shape index (κ2) is 7.07. The molecule has 0 unspecified atom stereocenters. The van der Waals surface area contributed by atoms with Crippen molar-refractivity contribution in [1.82, 2.24) is 14.5 Å². The predicted molar refractivity (Wildman–Crippen MR) is 78.9 cm³/mol. The molecular weight excluding hydrogens is 292 g/mol. The van der Waals surface area contributed by atoms with Gasteiger partial charge in [-0.05, 0) is 18.9 Å². The Balaban J connectivity index is 2.15. The van der Waals surface area contributed by atoms with Crippen LogP contribution < -0.4 is 5.73 Å². The van der Waals surface area contributed by atoms with Crippen LogP contribution in [0.5, 0.6) is 0 Å². The molecule has 0 aliphatic carbocycles. The number of fused-ring (bicyclic) bond motifs is 1. The van der Waals surface area contributed by atoms with Gasteiger partial charge in [-0.25, -0.2) is 4.98 Å². The van der Waals surface area contributed by atoms with Crippen LogP contribution >= 0.6 is 11.8 Å². The lowest BCUT2D eigenvalue weighted by Gasteiger charge is -2.07. The fourth-order valence-electron chi connectivity index (χ4n) is 1.98. The number of rotatable bonds is 8. The molecule has 2 rings (SSSR count). The van der Waals surface area contributed by atoms with Crippen molar-refractivity contribution >= 4 is 34.7 Å². The van der Waals surface area contributed by atoms with Gasteiger partial charge >= 0.3 is 5.97 Å². The van der Waals surface area contributed by atoms with Crippen LogP contribution in [0.2, 0.25) is 0 Å². The first-order valence-electron chi connectivity index (χ1n) is 6.51. The molecule has 0 radical (unpaired) electrons. The topological polar surface area (TPSA) is 111 Å². The van der Waals surface area contributed by atoms with E-state index in [4.69, 9.17) is 10.8 Å². The van der Waals surface area contributed by atoms with Gasteiger partial charge in [0.25, 0.3) is 0 Å². The lowest BCUT2D eigenvalue weighted by molar-refractivity contribution is -0.133. The molecule has 0 atom stereocenters. The first kappa shape index (κ1) is 15.3. The predicted octanol–water partition coefficient (Wildman–Crippen LogP) is 1.26. The Bertz CT molecular complexity index is 656. The molecule has 0 saturated heterocycles. The molecule has 0 bridgehead atoms. The minimum atomic E-state index is -0.884. The summed E-state index contributed by atoms with van der Waals surface area (Å²) >= 11 is 1.18. The Labute approximate surface area is 125 Å². The summed E-state index contributed by atoms with van der Waals surface area (Å²) in [5, 5.41) is 9.45. The molecular formula is C13H16N4O3S. The number of imidazole rings is 1. The average molecular weight is 308 g/mol. The maximum Gasteiger partial charge on any atom is 0.313 e. The largest absolute Gasteiger partial charge is 0.481 e. The van der Waals surface area contributed by atoms with Gasteiger partial charge in [-0.3, -0.25) is 14.6 Å². The number of nitrogens with two attached hydrogens (primary N) is 1. The molecule has 3 N–H and O–H groups in total. The lowest BCUT2D eigenvalue weighted by atomic mass is 10.2. The number of carbonyl (C=O) groups excluding carboxylic acids is 1. The number of hydrogen-bond donors (Lipinski definition) is 2. The fourth-order valence-corrected chi connectivity index (χ4v) is 2.74. The molecule has 0 saturated carbocycles. The number of carboxylic acid groups (broad SMARTS) is 1. The minimum absolute atomic E-state index is 0.0436. The molecule has 1 amide bonds. The van der Waals surface area contributed by atoms with Crippen LogP contribution in [-0.2, 0) is 16.1 Å². The van der Waals surface area contributed by atoms with Gasteiger partial charge in [0, 0.05) is 19.2 Å². The van der Waals surface area contributed by atoms with Crippen LogP contribution in [0.4, 0.5) is 0 Å². The van der Waals surface area contributed by atoms with Gasteiger partial charge in [0.15, 0.2) is 5.16 Å². The van der Waals surface area contributed by atoms with E-state index < -0.39 is 5.97 Å². The number of aromatic nitrogens is 3. The molecule has 2 aromatic heterocycles. The van der Waals surface area contributed by atoms with Gasteiger partial charge in [0.2, 0.25) is 5.91 Å². The van der Waals surface area contributed by atoms with Crippen LogP contribution in [0.25, 0.3) is 11.0 Å². The van der Waals surface area contributed by atoms with Gasteiger partial charge in [-0.2, -0.15) is 0 Å². The number of pyridine rings is 1. The molecule has 0 aromatic carbocycles. The SMILES string of the molecule is NC(=O)CCCCn1c(SCC(=O)O)nc2cnccc21. The highest BCUT2D eigenvalue weighted by molar-refractivity contribution is 7.99. The second-order valence-electron chi connectivity index (χ2n) is 4.52. The first-order valence-corrected chi connectivity index (χ1v) is 7.49. The Morgan fingerprint density at radius 1 is 1.38 bits per heavy atom. The normalized spacial score (nSPS) is 10.9. The van der Waals surface area contributed by atoms with E-state index in [1.54, 1.807) is 12.4 Å². The second-order valence-corrected chi connectivity index (χ2v) is 5.46. The van der Waals surface area contributed by atoms with E-state index in [-0.39, 0.29) is 11.7 Å². The molecule has 8 heteroatoms. The standard InChI is InChI=1S/C13H16N4O3S/c14-11(18)3-1-2-6-17-10-4-5-15-7-9(10)16-13(17)21-8-12(19)20/h4-5,7H,1-3,6,8H2,(H2,14,18)(H,19,20). The number of unbranched alkanes of at least 4 members (excludes halogenated alkanes) is 1. The molecule has 2 aromatic rings. The van der Waals surface area contributed by atoms with Crippen molar-refractivity contribution in [2.75, 3.05) is 5.75 Å². The highest BCUT2D eigenvalue weighted by Gasteiger charge is 2.12. The van der Waals surface area contributed by atoms with Crippen LogP contribution in [0.15, 0.2) is 23.6 Å². The Morgan fingerprint density at radius 2 is 2.19 bits per heavy atom. The fraction of sp³-hybridized carbons (Fsp3) is 0.385. The third-order valence-corrected chi connectivity index (χ3v) is 3.86.